The Morgan fingerprint density at radius 2 is 2.08 bits per heavy atom. The monoisotopic (exact) mass is 247 g/mol. The van der Waals surface area contributed by atoms with E-state index in [2.05, 4.69) is 24.3 Å². The summed E-state index contributed by atoms with van der Waals surface area (Å²) >= 11 is 1.56. The van der Waals surface area contributed by atoms with Gasteiger partial charge < -0.3 is 0 Å². The van der Waals surface area contributed by atoms with Crippen molar-refractivity contribution in [1.29, 1.82) is 0 Å². The molecule has 1 heterocycles. The number of benzene rings is 1. The van der Waals surface area contributed by atoms with Gasteiger partial charge in [-0.1, -0.05) is 23.8 Å². The fourth-order valence-electron chi connectivity index (χ4n) is 1.15. The van der Waals surface area contributed by atoms with E-state index in [1.807, 2.05) is 12.1 Å². The molecule has 56 valence electrons. The van der Waals surface area contributed by atoms with E-state index >= 15 is 0 Å². The molecule has 3 heteroatoms. The van der Waals surface area contributed by atoms with Gasteiger partial charge in [0.25, 0.3) is 0 Å². The maximum absolute atomic E-state index is 4.34. The van der Waals surface area contributed by atoms with Crippen molar-refractivity contribution in [1.82, 2.24) is 4.37 Å². The van der Waals surface area contributed by atoms with Crippen LogP contribution in [0.2, 0.25) is 0 Å². The second-order valence-corrected chi connectivity index (χ2v) is 3.62. The first kappa shape index (κ1) is 11.0. The van der Waals surface area contributed by atoms with Crippen molar-refractivity contribution in [3.8, 4) is 0 Å². The average molecular weight is 248 g/mol. The Labute approximate surface area is 125 Å². The van der Waals surface area contributed by atoms with E-state index in [1.54, 1.807) is 11.5 Å². The average Bonchev–Trinajstić information content (AvgIpc) is 2.35. The van der Waals surface area contributed by atoms with E-state index in [4.69, 9.17) is 0 Å². The van der Waals surface area contributed by atoms with Crippen molar-refractivity contribution in [2.75, 3.05) is 0 Å². The minimum Gasteiger partial charge on any atom is -0.220 e. The second kappa shape index (κ2) is 4.42. The van der Waals surface area contributed by atoms with Crippen LogP contribution < -0.4 is 58.2 Å². The van der Waals surface area contributed by atoms with Crippen LogP contribution in [0, 0.1) is 19.9 Å². The Balaban J connectivity index is 0.000000720. The van der Waals surface area contributed by atoms with Crippen LogP contribution in [0.25, 0.3) is 10.9 Å². The van der Waals surface area contributed by atoms with E-state index in [9.17, 15) is 0 Å². The van der Waals surface area contributed by atoms with Gasteiger partial charge in [0.05, 0.1) is 0 Å². The molecule has 0 saturated heterocycles. The molecule has 0 saturated carbocycles. The summed E-state index contributed by atoms with van der Waals surface area (Å²) in [5.74, 6) is 0. The summed E-state index contributed by atoms with van der Waals surface area (Å²) in [5.41, 5.74) is 2.35. The third kappa shape index (κ3) is 1.88. The predicted octanol–water partition coefficient (Wildman–Crippen LogP) is -0.283. The summed E-state index contributed by atoms with van der Waals surface area (Å²) in [6, 6.07) is 7.07. The summed E-state index contributed by atoms with van der Waals surface area (Å²) in [6.07, 6.45) is 0. The molecule has 0 bridgehead atoms. The number of nitrogens with zero attached hydrogens (tertiary/aromatic N) is 1. The van der Waals surface area contributed by atoms with Gasteiger partial charge >= 0.3 is 58.2 Å². The zero-order valence-electron chi connectivity index (χ0n) is 7.51. The Bertz CT molecular complexity index is 394. The topological polar surface area (TPSA) is 12.9 Å². The maximum atomic E-state index is 4.34. The third-order valence-electron chi connectivity index (χ3n) is 1.81. The first-order valence-corrected chi connectivity index (χ1v) is 4.29. The zero-order chi connectivity index (χ0) is 7.84. The molecule has 0 fully saturated rings. The predicted molar refractivity (Wildman–Crippen MR) is 47.9 cm³/mol. The van der Waals surface area contributed by atoms with Crippen molar-refractivity contribution < 1.29 is 58.2 Å². The molecule has 0 amide bonds. The Hall–Kier alpha value is 0.915. The van der Waals surface area contributed by atoms with Crippen molar-refractivity contribution in [2.24, 2.45) is 0 Å². The number of aryl methyl sites for hydroxylation is 2. The standard InChI is InChI=1S/C9H8NS.Rb/c1-6-4-3-5-8-7(2)11-10-9(6)8;/h4-5H,1-2H3;/q-1;+1. The fourth-order valence-corrected chi connectivity index (χ4v) is 1.88. The van der Waals surface area contributed by atoms with Gasteiger partial charge in [0.2, 0.25) is 0 Å². The van der Waals surface area contributed by atoms with E-state index < -0.39 is 0 Å². The van der Waals surface area contributed by atoms with Crippen LogP contribution in [0.4, 0.5) is 0 Å². The molecular weight excluding hydrogens is 240 g/mol. The van der Waals surface area contributed by atoms with Gasteiger partial charge in [-0.2, -0.15) is 18.2 Å². The number of hydrogen-bond donors (Lipinski definition) is 0. The normalized spacial score (nSPS) is 9.83. The van der Waals surface area contributed by atoms with Crippen molar-refractivity contribution in [2.45, 2.75) is 13.8 Å². The van der Waals surface area contributed by atoms with E-state index in [0.29, 0.717) is 0 Å². The molecule has 1 aromatic heterocycles. The van der Waals surface area contributed by atoms with Crippen LogP contribution in [0.15, 0.2) is 12.1 Å². The van der Waals surface area contributed by atoms with Crippen molar-refractivity contribution in [3.63, 3.8) is 0 Å². The van der Waals surface area contributed by atoms with Crippen LogP contribution in [0.3, 0.4) is 0 Å². The minimum absolute atomic E-state index is 0. The van der Waals surface area contributed by atoms with Crippen LogP contribution in [0.1, 0.15) is 10.4 Å². The molecule has 0 spiro atoms. The fraction of sp³-hybridized carbons (Fsp3) is 0.222. The van der Waals surface area contributed by atoms with Gasteiger partial charge in [-0.25, -0.2) is 4.37 Å². The second-order valence-electron chi connectivity index (χ2n) is 2.64. The van der Waals surface area contributed by atoms with Crippen LogP contribution in [-0.4, -0.2) is 4.37 Å². The van der Waals surface area contributed by atoms with Crippen LogP contribution in [0.5, 0.6) is 0 Å². The molecule has 0 radical (unpaired) electrons. The zero-order valence-corrected chi connectivity index (χ0v) is 13.2. The van der Waals surface area contributed by atoms with E-state index in [0.717, 1.165) is 5.52 Å². The van der Waals surface area contributed by atoms with Crippen LogP contribution in [-0.2, 0) is 0 Å². The van der Waals surface area contributed by atoms with Gasteiger partial charge in [-0.05, 0) is 17.3 Å². The Morgan fingerprint density at radius 1 is 1.33 bits per heavy atom. The van der Waals surface area contributed by atoms with Gasteiger partial charge in [-0.15, -0.1) is 5.56 Å². The summed E-state index contributed by atoms with van der Waals surface area (Å²) in [6.45, 7) is 4.16. The molecule has 0 atom stereocenters. The molecule has 1 nitrogen and oxygen atoms in total. The summed E-state index contributed by atoms with van der Waals surface area (Å²) in [4.78, 5) is 1.28. The molecule has 0 unspecified atom stereocenters. The molecule has 0 aliphatic carbocycles. The largest absolute Gasteiger partial charge is 1.00 e. The van der Waals surface area contributed by atoms with Crippen LogP contribution >= 0.6 is 11.5 Å². The number of aromatic nitrogens is 1. The summed E-state index contributed by atoms with van der Waals surface area (Å²) in [7, 11) is 0. The van der Waals surface area contributed by atoms with Crippen molar-refractivity contribution >= 4 is 22.4 Å². The summed E-state index contributed by atoms with van der Waals surface area (Å²) in [5, 5.41) is 1.25. The smallest absolute Gasteiger partial charge is 0.220 e. The third-order valence-corrected chi connectivity index (χ3v) is 2.58. The quantitative estimate of drug-likeness (QED) is 0.584. The molecule has 1 aromatic carbocycles. The number of rotatable bonds is 0. The first-order valence-electron chi connectivity index (χ1n) is 3.52. The Kier molecular flexibility index (Phi) is 4.05. The molecule has 2 rings (SSSR count). The molecular formula is C9H8NRbS. The summed E-state index contributed by atoms with van der Waals surface area (Å²) < 4.78 is 4.34. The van der Waals surface area contributed by atoms with Gasteiger partial charge in [0.15, 0.2) is 0 Å². The maximum Gasteiger partial charge on any atom is 1.00 e. The number of fused-ring (bicyclic) bond motifs is 1. The SMILES string of the molecule is Cc1snc2c(C)c[c-]cc12.[Rb+]. The van der Waals surface area contributed by atoms with Gasteiger partial charge in [-0.3, -0.25) is 0 Å². The Morgan fingerprint density at radius 3 is 2.75 bits per heavy atom. The van der Waals surface area contributed by atoms with E-state index in [-0.39, 0.29) is 58.2 Å². The minimum atomic E-state index is 0. The molecule has 2 aromatic rings. The van der Waals surface area contributed by atoms with Gasteiger partial charge in [0, 0.05) is 0 Å². The molecule has 0 N–H and O–H groups in total. The first-order chi connectivity index (χ1) is 5.29. The van der Waals surface area contributed by atoms with Gasteiger partial charge in [0.1, 0.15) is 0 Å². The number of hydrogen-bond acceptors (Lipinski definition) is 2. The molecule has 0 aliphatic heterocycles. The van der Waals surface area contributed by atoms with Crippen molar-refractivity contribution in [3.05, 3.63) is 28.6 Å². The molecule has 12 heavy (non-hydrogen) atoms. The molecule has 0 aliphatic rings. The van der Waals surface area contributed by atoms with E-state index in [1.165, 1.54) is 15.8 Å².